The Hall–Kier alpha value is -4.46. The second-order valence-electron chi connectivity index (χ2n) is 7.74. The third-order valence-electron chi connectivity index (χ3n) is 5.72. The van der Waals surface area contributed by atoms with E-state index < -0.39 is 4.92 Å². The number of hydrogen-bond donors (Lipinski definition) is 1. The molecule has 2 heterocycles. The number of amides is 1. The zero-order valence-electron chi connectivity index (χ0n) is 17.8. The molecule has 8 heteroatoms. The van der Waals surface area contributed by atoms with Crippen LogP contribution in [-0.4, -0.2) is 29.5 Å². The Morgan fingerprint density at radius 3 is 2.52 bits per heavy atom. The number of nitrogens with one attached hydrogen (secondary N) is 1. The molecule has 1 aliphatic heterocycles. The Kier molecular flexibility index (Phi) is 5.10. The smallest absolute Gasteiger partial charge is 0.269 e. The minimum absolute atomic E-state index is 0.0249. The third kappa shape index (κ3) is 3.94. The van der Waals surface area contributed by atoms with Crippen molar-refractivity contribution in [2.75, 3.05) is 23.9 Å². The summed E-state index contributed by atoms with van der Waals surface area (Å²) in [4.78, 5) is 29.9. The van der Waals surface area contributed by atoms with Crippen LogP contribution in [0.25, 0.3) is 10.9 Å². The van der Waals surface area contributed by atoms with Gasteiger partial charge in [-0.2, -0.15) is 0 Å². The highest BCUT2D eigenvalue weighted by Gasteiger charge is 2.23. The molecular weight excluding hydrogens is 420 g/mol. The van der Waals surface area contributed by atoms with Crippen molar-refractivity contribution in [3.8, 4) is 5.75 Å². The zero-order valence-corrected chi connectivity index (χ0v) is 17.8. The lowest BCUT2D eigenvalue weighted by atomic mass is 10.1. The van der Waals surface area contributed by atoms with Gasteiger partial charge in [0.15, 0.2) is 0 Å². The van der Waals surface area contributed by atoms with Crippen LogP contribution in [0.5, 0.6) is 5.75 Å². The van der Waals surface area contributed by atoms with E-state index in [1.54, 1.807) is 19.2 Å². The molecule has 1 N–H and O–H groups in total. The Labute approximate surface area is 189 Å². The Bertz CT molecular complexity index is 1370. The number of methoxy groups -OCH3 is 1. The normalized spacial score (nSPS) is 12.5. The van der Waals surface area contributed by atoms with Crippen LogP contribution in [0.4, 0.5) is 22.9 Å². The van der Waals surface area contributed by atoms with E-state index in [0.717, 1.165) is 41.1 Å². The van der Waals surface area contributed by atoms with Crippen LogP contribution in [0, 0.1) is 10.1 Å². The van der Waals surface area contributed by atoms with E-state index in [0.29, 0.717) is 11.3 Å². The second kappa shape index (κ2) is 8.23. The number of aromatic nitrogens is 1. The lowest BCUT2D eigenvalue weighted by molar-refractivity contribution is -0.384. The van der Waals surface area contributed by atoms with E-state index in [-0.39, 0.29) is 11.6 Å². The molecule has 4 aromatic rings. The van der Waals surface area contributed by atoms with Gasteiger partial charge in [0.2, 0.25) is 0 Å². The van der Waals surface area contributed by atoms with E-state index in [2.05, 4.69) is 16.3 Å². The summed E-state index contributed by atoms with van der Waals surface area (Å²) in [6.45, 7) is 0.810. The number of ether oxygens (including phenoxy) is 1. The molecule has 5 rings (SSSR count). The van der Waals surface area contributed by atoms with Crippen molar-refractivity contribution in [3.63, 3.8) is 0 Å². The maximum atomic E-state index is 12.6. The second-order valence-corrected chi connectivity index (χ2v) is 7.74. The monoisotopic (exact) mass is 440 g/mol. The van der Waals surface area contributed by atoms with E-state index in [9.17, 15) is 14.9 Å². The van der Waals surface area contributed by atoms with Crippen molar-refractivity contribution < 1.29 is 14.5 Å². The summed E-state index contributed by atoms with van der Waals surface area (Å²) < 4.78 is 5.33. The van der Waals surface area contributed by atoms with Crippen molar-refractivity contribution in [1.29, 1.82) is 0 Å². The predicted molar refractivity (Wildman–Crippen MR) is 126 cm³/mol. The molecule has 8 nitrogen and oxygen atoms in total. The number of benzene rings is 3. The first-order valence-corrected chi connectivity index (χ1v) is 10.4. The number of pyridine rings is 1. The molecule has 0 fully saturated rings. The molecule has 1 amide bonds. The largest absolute Gasteiger partial charge is 0.497 e. The number of anilines is 3. The first kappa shape index (κ1) is 20.4. The molecule has 0 radical (unpaired) electrons. The summed E-state index contributed by atoms with van der Waals surface area (Å²) >= 11 is 0. The van der Waals surface area contributed by atoms with Crippen LogP contribution >= 0.6 is 0 Å². The van der Waals surface area contributed by atoms with Gasteiger partial charge in [-0.1, -0.05) is 0 Å². The Morgan fingerprint density at radius 1 is 1.06 bits per heavy atom. The van der Waals surface area contributed by atoms with Crippen LogP contribution in [0.1, 0.15) is 15.9 Å². The number of carbonyl (C=O) groups excluding carboxylic acids is 1. The molecule has 164 valence electrons. The van der Waals surface area contributed by atoms with Crippen LogP contribution < -0.4 is 15.0 Å². The topological polar surface area (TPSA) is 97.6 Å². The highest BCUT2D eigenvalue weighted by Crippen LogP contribution is 2.35. The first-order chi connectivity index (χ1) is 16.0. The lowest BCUT2D eigenvalue weighted by Crippen LogP contribution is -2.15. The predicted octanol–water partition coefficient (Wildman–Crippen LogP) is 5.10. The summed E-state index contributed by atoms with van der Waals surface area (Å²) in [6, 6.07) is 21.1. The molecule has 33 heavy (non-hydrogen) atoms. The number of hydrogen-bond acceptors (Lipinski definition) is 6. The first-order valence-electron chi connectivity index (χ1n) is 10.4. The molecule has 0 bridgehead atoms. The fourth-order valence-corrected chi connectivity index (χ4v) is 3.98. The average molecular weight is 440 g/mol. The standard InChI is InChI=1S/C25H20N4O4/c1-33-22-11-4-17-14-18-12-13-28(24(18)27-23(17)15-22)20-7-2-16(3-8-20)25(30)26-19-5-9-21(10-6-19)29(31)32/h2-11,14-15H,12-13H2,1H3,(H,26,30). The lowest BCUT2D eigenvalue weighted by Gasteiger charge is -2.19. The highest BCUT2D eigenvalue weighted by atomic mass is 16.6. The van der Waals surface area contributed by atoms with Gasteiger partial charge in [-0.05, 0) is 66.6 Å². The quantitative estimate of drug-likeness (QED) is 0.343. The van der Waals surface area contributed by atoms with Gasteiger partial charge in [0.05, 0.1) is 17.5 Å². The number of nitro groups is 1. The molecule has 0 saturated heterocycles. The molecule has 0 unspecified atom stereocenters. The molecule has 0 spiro atoms. The van der Waals surface area contributed by atoms with Gasteiger partial charge in [0, 0.05) is 47.1 Å². The fourth-order valence-electron chi connectivity index (χ4n) is 3.98. The van der Waals surface area contributed by atoms with E-state index in [1.807, 2.05) is 30.3 Å². The van der Waals surface area contributed by atoms with E-state index in [4.69, 9.17) is 9.72 Å². The van der Waals surface area contributed by atoms with Crippen molar-refractivity contribution in [3.05, 3.63) is 94.0 Å². The number of fused-ring (bicyclic) bond motifs is 2. The summed E-state index contributed by atoms with van der Waals surface area (Å²) in [5.41, 5.74) is 3.98. The molecule has 1 aliphatic rings. The molecule has 1 aromatic heterocycles. The van der Waals surface area contributed by atoms with Crippen LogP contribution in [0.15, 0.2) is 72.8 Å². The van der Waals surface area contributed by atoms with Crippen molar-refractivity contribution in [2.24, 2.45) is 0 Å². The van der Waals surface area contributed by atoms with E-state index >= 15 is 0 Å². The number of non-ortho nitro benzene ring substituents is 1. The molecule has 3 aromatic carbocycles. The summed E-state index contributed by atoms with van der Waals surface area (Å²) in [6.07, 6.45) is 0.896. The van der Waals surface area contributed by atoms with Gasteiger partial charge in [-0.25, -0.2) is 4.98 Å². The third-order valence-corrected chi connectivity index (χ3v) is 5.72. The fraction of sp³-hybridized carbons (Fsp3) is 0.120. The van der Waals surface area contributed by atoms with Crippen molar-refractivity contribution in [1.82, 2.24) is 4.98 Å². The average Bonchev–Trinajstić information content (AvgIpc) is 3.25. The molecule has 0 saturated carbocycles. The number of nitrogens with zero attached hydrogens (tertiary/aromatic N) is 3. The minimum Gasteiger partial charge on any atom is -0.497 e. The van der Waals surface area contributed by atoms with E-state index in [1.165, 1.54) is 29.8 Å². The maximum absolute atomic E-state index is 12.6. The molecular formula is C25H20N4O4. The van der Waals surface area contributed by atoms with Gasteiger partial charge < -0.3 is 15.0 Å². The van der Waals surface area contributed by atoms with Crippen molar-refractivity contribution in [2.45, 2.75) is 6.42 Å². The minimum atomic E-state index is -0.477. The number of nitro benzene ring substituents is 1. The number of carbonyl (C=O) groups is 1. The Morgan fingerprint density at radius 2 is 1.82 bits per heavy atom. The van der Waals surface area contributed by atoms with Gasteiger partial charge in [-0.15, -0.1) is 0 Å². The molecule has 0 aliphatic carbocycles. The zero-order chi connectivity index (χ0) is 22.9. The Balaban J connectivity index is 1.35. The summed E-state index contributed by atoms with van der Waals surface area (Å²) in [5, 5.41) is 14.6. The van der Waals surface area contributed by atoms with Crippen LogP contribution in [0.2, 0.25) is 0 Å². The SMILES string of the molecule is COc1ccc2cc3c(nc2c1)N(c1ccc(C(=O)Nc2ccc([N+](=O)[O-])cc2)cc1)CC3. The number of rotatable bonds is 5. The van der Waals surface area contributed by atoms with Gasteiger partial charge in [0.1, 0.15) is 11.6 Å². The van der Waals surface area contributed by atoms with Crippen LogP contribution in [0.3, 0.4) is 0 Å². The highest BCUT2D eigenvalue weighted by molar-refractivity contribution is 6.04. The van der Waals surface area contributed by atoms with Gasteiger partial charge in [-0.3, -0.25) is 14.9 Å². The molecule has 0 atom stereocenters. The van der Waals surface area contributed by atoms with Crippen LogP contribution in [-0.2, 0) is 6.42 Å². The summed E-state index contributed by atoms with van der Waals surface area (Å²) in [7, 11) is 1.64. The van der Waals surface area contributed by atoms with Gasteiger partial charge in [0.25, 0.3) is 11.6 Å². The maximum Gasteiger partial charge on any atom is 0.269 e. The van der Waals surface area contributed by atoms with Gasteiger partial charge >= 0.3 is 0 Å². The summed E-state index contributed by atoms with van der Waals surface area (Å²) in [5.74, 6) is 1.40. The van der Waals surface area contributed by atoms with Crippen molar-refractivity contribution >= 4 is 39.7 Å².